The van der Waals surface area contributed by atoms with Crippen LogP contribution in [-0.4, -0.2) is 37.0 Å². The minimum Gasteiger partial charge on any atom is -0.354 e. The number of hydrogen-bond donors (Lipinski definition) is 1. The van der Waals surface area contributed by atoms with E-state index in [4.69, 9.17) is 0 Å². The number of likely N-dealkylation sites (tertiary alicyclic amines) is 1. The molecule has 0 radical (unpaired) electrons. The van der Waals surface area contributed by atoms with E-state index in [9.17, 15) is 4.79 Å². The van der Waals surface area contributed by atoms with E-state index < -0.39 is 0 Å². The standard InChI is InChI=1S/C19H32N2O/c22-18(13-21-5-3-1-2-4-6-21)20-14-19-10-15-7-16(11-19)9-17(8-15)12-19/h15-17H,1-14H2,(H,20,22). The third-order valence-corrected chi connectivity index (χ3v) is 6.89. The van der Waals surface area contributed by atoms with Crippen molar-refractivity contribution in [2.24, 2.45) is 23.2 Å². The molecule has 0 aromatic carbocycles. The van der Waals surface area contributed by atoms with E-state index in [-0.39, 0.29) is 5.91 Å². The molecule has 5 fully saturated rings. The number of carbonyl (C=O) groups excluding carboxylic acids is 1. The van der Waals surface area contributed by atoms with Crippen molar-refractivity contribution in [3.05, 3.63) is 0 Å². The molecule has 4 bridgehead atoms. The van der Waals surface area contributed by atoms with Crippen molar-refractivity contribution in [1.82, 2.24) is 10.2 Å². The van der Waals surface area contributed by atoms with Crippen LogP contribution in [0.2, 0.25) is 0 Å². The summed E-state index contributed by atoms with van der Waals surface area (Å²) in [7, 11) is 0. The fourth-order valence-corrected chi connectivity index (χ4v) is 6.35. The molecule has 1 aliphatic heterocycles. The Hall–Kier alpha value is -0.570. The molecule has 3 nitrogen and oxygen atoms in total. The van der Waals surface area contributed by atoms with Gasteiger partial charge in [-0.3, -0.25) is 9.69 Å². The summed E-state index contributed by atoms with van der Waals surface area (Å²) in [5.41, 5.74) is 0.475. The largest absolute Gasteiger partial charge is 0.354 e. The van der Waals surface area contributed by atoms with E-state index in [0.717, 1.165) is 37.4 Å². The minimum atomic E-state index is 0.276. The fraction of sp³-hybridized carbons (Fsp3) is 0.947. The smallest absolute Gasteiger partial charge is 0.234 e. The summed E-state index contributed by atoms with van der Waals surface area (Å²) in [6.07, 6.45) is 13.8. The Morgan fingerprint density at radius 3 is 2.00 bits per heavy atom. The molecule has 5 rings (SSSR count). The Balaban J connectivity index is 1.28. The van der Waals surface area contributed by atoms with Crippen molar-refractivity contribution in [1.29, 1.82) is 0 Å². The first-order chi connectivity index (χ1) is 10.7. The van der Waals surface area contributed by atoms with E-state index in [1.54, 1.807) is 0 Å². The van der Waals surface area contributed by atoms with Gasteiger partial charge in [-0.25, -0.2) is 0 Å². The van der Waals surface area contributed by atoms with Gasteiger partial charge in [-0.15, -0.1) is 0 Å². The van der Waals surface area contributed by atoms with Crippen LogP contribution >= 0.6 is 0 Å². The summed E-state index contributed by atoms with van der Waals surface area (Å²) in [6, 6.07) is 0. The second kappa shape index (κ2) is 6.14. The molecule has 1 saturated heterocycles. The van der Waals surface area contributed by atoms with Gasteiger partial charge in [-0.2, -0.15) is 0 Å². The molecule has 0 unspecified atom stereocenters. The molecule has 5 aliphatic rings. The average Bonchev–Trinajstić information content (AvgIpc) is 2.72. The van der Waals surface area contributed by atoms with Gasteiger partial charge in [0.15, 0.2) is 0 Å². The molecule has 0 aromatic rings. The molecule has 1 heterocycles. The maximum Gasteiger partial charge on any atom is 0.234 e. The summed E-state index contributed by atoms with van der Waals surface area (Å²) in [5.74, 6) is 3.22. The highest BCUT2D eigenvalue weighted by atomic mass is 16.2. The summed E-state index contributed by atoms with van der Waals surface area (Å²) in [4.78, 5) is 14.7. The van der Waals surface area contributed by atoms with Crippen LogP contribution in [0.25, 0.3) is 0 Å². The third-order valence-electron chi connectivity index (χ3n) is 6.89. The van der Waals surface area contributed by atoms with Crippen LogP contribution < -0.4 is 5.32 Å². The van der Waals surface area contributed by atoms with Gasteiger partial charge in [0, 0.05) is 6.54 Å². The maximum absolute atomic E-state index is 12.4. The van der Waals surface area contributed by atoms with E-state index in [0.29, 0.717) is 12.0 Å². The Kier molecular flexibility index (Phi) is 4.19. The topological polar surface area (TPSA) is 32.3 Å². The highest BCUT2D eigenvalue weighted by molar-refractivity contribution is 5.78. The van der Waals surface area contributed by atoms with Gasteiger partial charge >= 0.3 is 0 Å². The van der Waals surface area contributed by atoms with Crippen molar-refractivity contribution < 1.29 is 4.79 Å². The fourth-order valence-electron chi connectivity index (χ4n) is 6.35. The van der Waals surface area contributed by atoms with Gasteiger partial charge in [-0.05, 0) is 87.6 Å². The Labute approximate surface area is 135 Å². The second-order valence-corrected chi connectivity index (χ2v) is 8.88. The monoisotopic (exact) mass is 304 g/mol. The highest BCUT2D eigenvalue weighted by Crippen LogP contribution is 2.59. The molecule has 1 N–H and O–H groups in total. The normalized spacial score (nSPS) is 41.4. The SMILES string of the molecule is O=C(CN1CCCCCC1)NCC12CC3CC(CC(C3)C1)C2. The van der Waals surface area contributed by atoms with Crippen molar-refractivity contribution in [2.45, 2.75) is 64.2 Å². The molecule has 0 spiro atoms. The number of nitrogens with zero attached hydrogens (tertiary/aromatic N) is 1. The molecular weight excluding hydrogens is 272 g/mol. The number of carbonyl (C=O) groups is 1. The lowest BCUT2D eigenvalue weighted by Gasteiger charge is -2.56. The van der Waals surface area contributed by atoms with Gasteiger partial charge < -0.3 is 5.32 Å². The zero-order valence-corrected chi connectivity index (χ0v) is 14.0. The van der Waals surface area contributed by atoms with Gasteiger partial charge in [0.1, 0.15) is 0 Å². The predicted molar refractivity (Wildman–Crippen MR) is 88.5 cm³/mol. The van der Waals surface area contributed by atoms with E-state index in [1.807, 2.05) is 0 Å². The molecule has 0 aromatic heterocycles. The van der Waals surface area contributed by atoms with Gasteiger partial charge in [0.25, 0.3) is 0 Å². The zero-order chi connectivity index (χ0) is 15.0. The van der Waals surface area contributed by atoms with Crippen molar-refractivity contribution in [3.8, 4) is 0 Å². The first kappa shape index (κ1) is 15.0. The van der Waals surface area contributed by atoms with Crippen LogP contribution in [0, 0.1) is 23.2 Å². The average molecular weight is 304 g/mol. The van der Waals surface area contributed by atoms with Gasteiger partial charge in [-0.1, -0.05) is 12.8 Å². The van der Waals surface area contributed by atoms with Crippen molar-refractivity contribution >= 4 is 5.91 Å². The molecule has 3 heteroatoms. The van der Waals surface area contributed by atoms with Crippen molar-refractivity contribution in [3.63, 3.8) is 0 Å². The summed E-state index contributed by atoms with van der Waals surface area (Å²) < 4.78 is 0. The molecular formula is C19H32N2O. The predicted octanol–water partition coefficient (Wildman–Crippen LogP) is 3.20. The van der Waals surface area contributed by atoms with Gasteiger partial charge in [0.2, 0.25) is 5.91 Å². The maximum atomic E-state index is 12.4. The summed E-state index contributed by atoms with van der Waals surface area (Å²) in [6.45, 7) is 3.82. The van der Waals surface area contributed by atoms with E-state index in [2.05, 4.69) is 10.2 Å². The summed E-state index contributed by atoms with van der Waals surface area (Å²) >= 11 is 0. The van der Waals surface area contributed by atoms with Crippen LogP contribution in [0.4, 0.5) is 0 Å². The number of rotatable bonds is 4. The molecule has 22 heavy (non-hydrogen) atoms. The van der Waals surface area contributed by atoms with E-state index >= 15 is 0 Å². The Morgan fingerprint density at radius 2 is 1.45 bits per heavy atom. The van der Waals surface area contributed by atoms with Crippen LogP contribution in [0.3, 0.4) is 0 Å². The molecule has 1 amide bonds. The Morgan fingerprint density at radius 1 is 0.909 bits per heavy atom. The first-order valence-corrected chi connectivity index (χ1v) is 9.70. The van der Waals surface area contributed by atoms with Crippen LogP contribution in [0.15, 0.2) is 0 Å². The van der Waals surface area contributed by atoms with Crippen LogP contribution in [0.1, 0.15) is 64.2 Å². The lowest BCUT2D eigenvalue weighted by molar-refractivity contribution is -0.124. The molecule has 124 valence electrons. The van der Waals surface area contributed by atoms with E-state index in [1.165, 1.54) is 64.2 Å². The molecule has 4 saturated carbocycles. The van der Waals surface area contributed by atoms with Crippen LogP contribution in [0.5, 0.6) is 0 Å². The van der Waals surface area contributed by atoms with Gasteiger partial charge in [0.05, 0.1) is 6.54 Å². The molecule has 0 atom stereocenters. The number of hydrogen-bond acceptors (Lipinski definition) is 2. The second-order valence-electron chi connectivity index (χ2n) is 8.88. The number of nitrogens with one attached hydrogen (secondary N) is 1. The highest BCUT2D eigenvalue weighted by Gasteiger charge is 2.50. The molecule has 4 aliphatic carbocycles. The number of amides is 1. The van der Waals surface area contributed by atoms with Crippen LogP contribution in [-0.2, 0) is 4.79 Å². The van der Waals surface area contributed by atoms with Crippen molar-refractivity contribution in [2.75, 3.05) is 26.2 Å². The first-order valence-electron chi connectivity index (χ1n) is 9.70. The minimum absolute atomic E-state index is 0.276. The summed E-state index contributed by atoms with van der Waals surface area (Å²) in [5, 5.41) is 3.33. The lowest BCUT2D eigenvalue weighted by atomic mass is 9.49. The lowest BCUT2D eigenvalue weighted by Crippen LogP contribution is -2.52. The third kappa shape index (κ3) is 3.20. The quantitative estimate of drug-likeness (QED) is 0.865. The zero-order valence-electron chi connectivity index (χ0n) is 14.0. The Bertz CT molecular complexity index is 376.